The van der Waals surface area contributed by atoms with Crippen LogP contribution in [0.15, 0.2) is 47.9 Å². The van der Waals surface area contributed by atoms with Crippen molar-refractivity contribution in [3.8, 4) is 5.75 Å². The van der Waals surface area contributed by atoms with Crippen LogP contribution in [0.5, 0.6) is 5.75 Å². The first-order valence-corrected chi connectivity index (χ1v) is 5.17. The minimum Gasteiger partial charge on any atom is -0.504 e. The quantitative estimate of drug-likeness (QED) is 0.661. The number of fused-ring (bicyclic) bond motifs is 1. The van der Waals surface area contributed by atoms with Crippen LogP contribution in [0.4, 0.5) is 0 Å². The van der Waals surface area contributed by atoms with Crippen LogP contribution in [0.1, 0.15) is 20.9 Å². The van der Waals surface area contributed by atoms with Gasteiger partial charge in [-0.2, -0.15) is 0 Å². The molecule has 0 atom stereocenters. The molecule has 4 heteroatoms. The molecule has 0 aliphatic carbocycles. The molecule has 2 rings (SSSR count). The zero-order valence-corrected chi connectivity index (χ0v) is 9.47. The Hall–Kier alpha value is -2.62. The monoisotopic (exact) mass is 242 g/mol. The maximum atomic E-state index is 11.5. The Kier molecular flexibility index (Phi) is 2.85. The largest absolute Gasteiger partial charge is 0.504 e. The Labute approximate surface area is 103 Å². The van der Waals surface area contributed by atoms with E-state index in [2.05, 4.69) is 13.2 Å². The molecule has 1 N–H and O–H groups in total. The van der Waals surface area contributed by atoms with Gasteiger partial charge in [-0.25, -0.2) is 0 Å². The molecule has 0 saturated carbocycles. The third kappa shape index (κ3) is 1.73. The summed E-state index contributed by atoms with van der Waals surface area (Å²) in [6.07, 6.45) is 2.22. The van der Waals surface area contributed by atoms with Gasteiger partial charge in [0.1, 0.15) is 5.58 Å². The third-order valence-electron chi connectivity index (χ3n) is 2.54. The number of carbonyl (C=O) groups excluding carboxylic acids is 2. The summed E-state index contributed by atoms with van der Waals surface area (Å²) in [6.45, 7) is 6.70. The highest BCUT2D eigenvalue weighted by Crippen LogP contribution is 2.33. The topological polar surface area (TPSA) is 67.5 Å². The van der Waals surface area contributed by atoms with E-state index in [0.717, 1.165) is 6.08 Å². The highest BCUT2D eigenvalue weighted by molar-refractivity contribution is 6.10. The highest BCUT2D eigenvalue weighted by atomic mass is 16.4. The van der Waals surface area contributed by atoms with Crippen molar-refractivity contribution in [1.82, 2.24) is 0 Å². The number of allylic oxidation sites excluding steroid dienone is 2. The standard InChI is InChI=1S/C14H10O4/c1-3-10(15)8-5-6-12-9(7-8)13(17)14(18-12)11(16)4-2/h3-7,17H,1-2H2. The Morgan fingerprint density at radius 2 is 1.83 bits per heavy atom. The number of furan rings is 1. The molecule has 1 aromatic heterocycles. The maximum Gasteiger partial charge on any atom is 0.224 e. The molecule has 0 aliphatic heterocycles. The molecule has 0 radical (unpaired) electrons. The maximum absolute atomic E-state index is 11.5. The molecular formula is C14H10O4. The lowest BCUT2D eigenvalue weighted by atomic mass is 10.1. The van der Waals surface area contributed by atoms with E-state index in [4.69, 9.17) is 4.42 Å². The Balaban J connectivity index is 2.67. The van der Waals surface area contributed by atoms with Crippen molar-refractivity contribution in [2.45, 2.75) is 0 Å². The van der Waals surface area contributed by atoms with E-state index in [0.29, 0.717) is 16.5 Å². The fourth-order valence-electron chi connectivity index (χ4n) is 1.62. The van der Waals surface area contributed by atoms with Gasteiger partial charge in [0.15, 0.2) is 11.5 Å². The molecule has 1 aromatic carbocycles. The van der Waals surface area contributed by atoms with E-state index >= 15 is 0 Å². The van der Waals surface area contributed by atoms with Gasteiger partial charge in [-0.3, -0.25) is 9.59 Å². The molecule has 0 bridgehead atoms. The number of aromatic hydroxyl groups is 1. The molecule has 0 spiro atoms. The van der Waals surface area contributed by atoms with Crippen molar-refractivity contribution in [3.63, 3.8) is 0 Å². The molecule has 2 aromatic rings. The summed E-state index contributed by atoms with van der Waals surface area (Å²) in [5.41, 5.74) is 0.699. The smallest absolute Gasteiger partial charge is 0.224 e. The lowest BCUT2D eigenvalue weighted by Gasteiger charge is -1.95. The SMILES string of the molecule is C=CC(=O)c1ccc2oc(C(=O)C=C)c(O)c2c1. The van der Waals surface area contributed by atoms with Crippen LogP contribution < -0.4 is 0 Å². The Bertz CT molecular complexity index is 676. The molecular weight excluding hydrogens is 232 g/mol. The normalized spacial score (nSPS) is 10.2. The van der Waals surface area contributed by atoms with Gasteiger partial charge >= 0.3 is 0 Å². The van der Waals surface area contributed by atoms with Gasteiger partial charge in [0.05, 0.1) is 5.39 Å². The summed E-state index contributed by atoms with van der Waals surface area (Å²) >= 11 is 0. The first-order chi connectivity index (χ1) is 8.58. The van der Waals surface area contributed by atoms with Crippen molar-refractivity contribution >= 4 is 22.5 Å². The van der Waals surface area contributed by atoms with Crippen molar-refractivity contribution in [1.29, 1.82) is 0 Å². The van der Waals surface area contributed by atoms with Gasteiger partial charge in [0.25, 0.3) is 0 Å². The number of carbonyl (C=O) groups is 2. The Morgan fingerprint density at radius 1 is 1.17 bits per heavy atom. The summed E-state index contributed by atoms with van der Waals surface area (Å²) in [7, 11) is 0. The summed E-state index contributed by atoms with van der Waals surface area (Å²) in [4.78, 5) is 22.9. The number of hydrogen-bond donors (Lipinski definition) is 1. The number of hydrogen-bond acceptors (Lipinski definition) is 4. The molecule has 90 valence electrons. The highest BCUT2D eigenvalue weighted by Gasteiger charge is 2.18. The van der Waals surface area contributed by atoms with Gasteiger partial charge < -0.3 is 9.52 Å². The van der Waals surface area contributed by atoms with Crippen molar-refractivity contribution in [2.24, 2.45) is 0 Å². The van der Waals surface area contributed by atoms with Crippen LogP contribution in [0.3, 0.4) is 0 Å². The number of rotatable bonds is 4. The van der Waals surface area contributed by atoms with E-state index in [9.17, 15) is 14.7 Å². The average molecular weight is 242 g/mol. The van der Waals surface area contributed by atoms with Gasteiger partial charge in [-0.15, -0.1) is 0 Å². The zero-order chi connectivity index (χ0) is 13.3. The van der Waals surface area contributed by atoms with E-state index in [1.807, 2.05) is 0 Å². The minimum atomic E-state index is -0.514. The Morgan fingerprint density at radius 3 is 2.44 bits per heavy atom. The molecule has 4 nitrogen and oxygen atoms in total. The second-order valence-corrected chi connectivity index (χ2v) is 3.63. The van der Waals surface area contributed by atoms with Crippen LogP contribution in [0.2, 0.25) is 0 Å². The first kappa shape index (κ1) is 11.9. The van der Waals surface area contributed by atoms with Gasteiger partial charge in [-0.05, 0) is 30.4 Å². The number of ketones is 2. The second kappa shape index (κ2) is 4.33. The molecule has 0 aliphatic rings. The van der Waals surface area contributed by atoms with E-state index < -0.39 is 5.78 Å². The predicted octanol–water partition coefficient (Wildman–Crippen LogP) is 2.88. The lowest BCUT2D eigenvalue weighted by molar-refractivity contribution is 0.101. The summed E-state index contributed by atoms with van der Waals surface area (Å²) in [5.74, 6) is -1.24. The van der Waals surface area contributed by atoms with Crippen LogP contribution in [0, 0.1) is 0 Å². The minimum absolute atomic E-state index is 0.178. The van der Waals surface area contributed by atoms with Crippen molar-refractivity contribution in [3.05, 3.63) is 54.8 Å². The number of benzene rings is 1. The fourth-order valence-corrected chi connectivity index (χ4v) is 1.62. The van der Waals surface area contributed by atoms with Crippen molar-refractivity contribution in [2.75, 3.05) is 0 Å². The summed E-state index contributed by atoms with van der Waals surface area (Å²) in [5, 5.41) is 10.2. The van der Waals surface area contributed by atoms with E-state index in [1.54, 1.807) is 0 Å². The molecule has 18 heavy (non-hydrogen) atoms. The van der Waals surface area contributed by atoms with Crippen LogP contribution in [0.25, 0.3) is 11.0 Å². The predicted molar refractivity (Wildman–Crippen MR) is 66.9 cm³/mol. The van der Waals surface area contributed by atoms with Gasteiger partial charge in [0, 0.05) is 5.56 Å². The molecule has 1 heterocycles. The zero-order valence-electron chi connectivity index (χ0n) is 9.47. The first-order valence-electron chi connectivity index (χ1n) is 5.17. The molecule has 0 fully saturated rings. The fraction of sp³-hybridized carbons (Fsp3) is 0. The van der Waals surface area contributed by atoms with E-state index in [1.165, 1.54) is 24.3 Å². The molecule has 0 unspecified atom stereocenters. The van der Waals surface area contributed by atoms with E-state index in [-0.39, 0.29) is 17.3 Å². The van der Waals surface area contributed by atoms with Crippen LogP contribution in [-0.2, 0) is 0 Å². The second-order valence-electron chi connectivity index (χ2n) is 3.63. The van der Waals surface area contributed by atoms with Gasteiger partial charge in [-0.1, -0.05) is 13.2 Å². The van der Waals surface area contributed by atoms with Crippen LogP contribution >= 0.6 is 0 Å². The third-order valence-corrected chi connectivity index (χ3v) is 2.54. The summed E-state index contributed by atoms with van der Waals surface area (Å²) < 4.78 is 5.21. The van der Waals surface area contributed by atoms with Gasteiger partial charge in [0.2, 0.25) is 11.5 Å². The van der Waals surface area contributed by atoms with Crippen LogP contribution in [-0.4, -0.2) is 16.7 Å². The lowest BCUT2D eigenvalue weighted by Crippen LogP contribution is -1.92. The molecule has 0 amide bonds. The van der Waals surface area contributed by atoms with Crippen molar-refractivity contribution < 1.29 is 19.1 Å². The molecule has 0 saturated heterocycles. The summed E-state index contributed by atoms with van der Waals surface area (Å²) in [6, 6.07) is 4.52. The average Bonchev–Trinajstić information content (AvgIpc) is 2.74.